The fourth-order valence-corrected chi connectivity index (χ4v) is 7.29. The number of aryl methyl sites for hydroxylation is 2. The number of fused-ring (bicyclic) bond motifs is 2. The molecule has 0 aliphatic carbocycles. The molecular weight excluding hydrogens is 841 g/mol. The van der Waals surface area contributed by atoms with E-state index in [1.54, 1.807) is 91.4 Å². The van der Waals surface area contributed by atoms with Gasteiger partial charge in [-0.25, -0.2) is 13.6 Å². The number of nitrogens with zero attached hydrogens (tertiary/aromatic N) is 3. The van der Waals surface area contributed by atoms with Gasteiger partial charge in [-0.3, -0.25) is 28.8 Å². The second-order valence-electron chi connectivity index (χ2n) is 19.3. The average Bonchev–Trinajstić information content (AvgIpc) is 3.78. The van der Waals surface area contributed by atoms with E-state index in [4.69, 9.17) is 4.74 Å². The molecule has 65 heavy (non-hydrogen) atoms. The van der Waals surface area contributed by atoms with E-state index in [1.807, 2.05) is 0 Å². The van der Waals surface area contributed by atoms with Gasteiger partial charge in [-0.1, -0.05) is 0 Å². The minimum atomic E-state index is -0.793. The molecule has 5 amide bonds. The number of amides is 5. The van der Waals surface area contributed by atoms with Crippen LogP contribution < -0.4 is 21.3 Å². The molecule has 0 fully saturated rings. The van der Waals surface area contributed by atoms with Gasteiger partial charge in [0, 0.05) is 47.8 Å². The number of carbonyl (C=O) groups excluding carboxylic acids is 7. The molecule has 17 heteroatoms. The summed E-state index contributed by atoms with van der Waals surface area (Å²) >= 11 is 0. The number of hydrogen-bond acceptors (Lipinski definition) is 8. The van der Waals surface area contributed by atoms with E-state index < -0.39 is 57.9 Å². The molecule has 348 valence electrons. The minimum Gasteiger partial charge on any atom is -0.444 e. The first-order valence-corrected chi connectivity index (χ1v) is 21.4. The Morgan fingerprint density at radius 3 is 1.46 bits per heavy atom. The van der Waals surface area contributed by atoms with Gasteiger partial charge in [0.1, 0.15) is 17.2 Å². The van der Waals surface area contributed by atoms with Crippen LogP contribution in [0.3, 0.4) is 0 Å². The van der Waals surface area contributed by atoms with Crippen LogP contribution in [0.2, 0.25) is 0 Å². The normalized spacial score (nSPS) is 13.6. The van der Waals surface area contributed by atoms with Crippen LogP contribution in [0.1, 0.15) is 139 Å². The highest BCUT2D eigenvalue weighted by Crippen LogP contribution is 2.28. The number of carbonyl (C=O) groups is 7. The van der Waals surface area contributed by atoms with Crippen molar-refractivity contribution >= 4 is 52.7 Å². The highest BCUT2D eigenvalue weighted by atomic mass is 19.1. The van der Waals surface area contributed by atoms with Crippen LogP contribution in [0.4, 0.5) is 25.0 Å². The van der Waals surface area contributed by atoms with Crippen LogP contribution in [0.15, 0.2) is 48.5 Å². The number of Topliss-reactive ketones (excluding diaryl/α,β-unsaturated/α-hetero) is 2. The summed E-state index contributed by atoms with van der Waals surface area (Å²) in [5.41, 5.74) is 1.70. The van der Waals surface area contributed by atoms with Gasteiger partial charge in [0.25, 0.3) is 35.2 Å². The molecular formula is C48H59F2N7O8. The van der Waals surface area contributed by atoms with Gasteiger partial charge in [0.15, 0.2) is 0 Å². The lowest BCUT2D eigenvalue weighted by Crippen LogP contribution is -2.45. The van der Waals surface area contributed by atoms with Crippen molar-refractivity contribution in [2.24, 2.45) is 0 Å². The number of nitrogens with one attached hydrogen (secondary N) is 4. The SMILES string of the molecule is Cc1cc(NC(=O)c2cc(C(=O)C(=O)NC(C)(C)C)n3c2CCCC3)ccc1F.Cc1cc(NC(=O)c2cc(C(=O)C(=O)NC(C)(C)C)n3c2CN(C(=O)OC(C)(C)C)CC3)ccc1F. The van der Waals surface area contributed by atoms with Gasteiger partial charge in [0.2, 0.25) is 0 Å². The van der Waals surface area contributed by atoms with Crippen molar-refractivity contribution in [3.63, 3.8) is 0 Å². The van der Waals surface area contributed by atoms with E-state index in [0.29, 0.717) is 46.7 Å². The van der Waals surface area contributed by atoms with Gasteiger partial charge in [-0.05, 0) is 155 Å². The summed E-state index contributed by atoms with van der Waals surface area (Å²) in [5, 5.41) is 10.8. The monoisotopic (exact) mass is 899 g/mol. The third kappa shape index (κ3) is 12.5. The number of halogens is 2. The molecule has 4 N–H and O–H groups in total. The molecule has 15 nitrogen and oxygen atoms in total. The van der Waals surface area contributed by atoms with E-state index >= 15 is 0 Å². The molecule has 2 aromatic carbocycles. The van der Waals surface area contributed by atoms with Crippen LogP contribution in [0.5, 0.6) is 0 Å². The van der Waals surface area contributed by atoms with Crippen molar-refractivity contribution in [3.05, 3.63) is 105 Å². The Hall–Kier alpha value is -6.65. The van der Waals surface area contributed by atoms with Crippen molar-refractivity contribution in [2.75, 3.05) is 17.2 Å². The summed E-state index contributed by atoms with van der Waals surface area (Å²) in [4.78, 5) is 91.1. The fraction of sp³-hybridized carbons (Fsp3) is 0.438. The quantitative estimate of drug-likeness (QED) is 0.102. The van der Waals surface area contributed by atoms with Crippen molar-refractivity contribution in [1.82, 2.24) is 24.7 Å². The fourth-order valence-electron chi connectivity index (χ4n) is 7.29. The van der Waals surface area contributed by atoms with Gasteiger partial charge in [-0.2, -0.15) is 0 Å². The van der Waals surface area contributed by atoms with Gasteiger partial charge in [-0.15, -0.1) is 0 Å². The number of aromatic nitrogens is 2. The Bertz CT molecular complexity index is 2550. The van der Waals surface area contributed by atoms with Crippen molar-refractivity contribution in [3.8, 4) is 0 Å². The Kier molecular flexibility index (Phi) is 14.6. The third-order valence-electron chi connectivity index (χ3n) is 10.2. The Labute approximate surface area is 377 Å². The second kappa shape index (κ2) is 19.2. The van der Waals surface area contributed by atoms with Crippen LogP contribution in [-0.4, -0.2) is 78.5 Å². The number of ketones is 2. The first-order chi connectivity index (χ1) is 30.1. The molecule has 0 unspecified atom stereocenters. The largest absolute Gasteiger partial charge is 0.444 e. The first kappa shape index (κ1) is 49.4. The number of ether oxygens (including phenoxy) is 1. The summed E-state index contributed by atoms with van der Waals surface area (Å²) in [7, 11) is 0. The number of anilines is 2. The molecule has 2 aromatic heterocycles. The van der Waals surface area contributed by atoms with E-state index in [2.05, 4.69) is 21.3 Å². The predicted octanol–water partition coefficient (Wildman–Crippen LogP) is 7.66. The molecule has 0 radical (unpaired) electrons. The predicted molar refractivity (Wildman–Crippen MR) is 241 cm³/mol. The summed E-state index contributed by atoms with van der Waals surface area (Å²) in [6.45, 7) is 20.2. The highest BCUT2D eigenvalue weighted by molar-refractivity contribution is 6.43. The molecule has 0 bridgehead atoms. The third-order valence-corrected chi connectivity index (χ3v) is 10.2. The number of hydrogen-bond donors (Lipinski definition) is 4. The van der Waals surface area contributed by atoms with Crippen LogP contribution in [0, 0.1) is 25.5 Å². The summed E-state index contributed by atoms with van der Waals surface area (Å²) in [5.74, 6) is -4.60. The van der Waals surface area contributed by atoms with Crippen LogP contribution in [-0.2, 0) is 40.4 Å². The molecule has 0 atom stereocenters. The Morgan fingerprint density at radius 1 is 0.585 bits per heavy atom. The smallest absolute Gasteiger partial charge is 0.410 e. The number of rotatable bonds is 8. The standard InChI is InChI=1S/C26H33FN4O5.C22H26FN3O3/c1-15-12-16(8-9-18(15)27)28-22(33)17-13-19(21(32)23(34)29-25(2,3)4)31-11-10-30(14-20(17)31)24(35)36-26(5,6)7;1-13-11-14(8-9-16(13)23)24-20(28)15-12-18(26-10-6-5-7-17(15)26)19(27)21(29)25-22(2,3)4/h8-9,12-13H,10-11,14H2,1-7H3,(H,28,33)(H,29,34);8-9,11-12H,5-7,10H2,1-4H3,(H,24,28)(H,25,29). The van der Waals surface area contributed by atoms with Crippen LogP contribution >= 0.6 is 0 Å². The highest BCUT2D eigenvalue weighted by Gasteiger charge is 2.35. The Balaban J connectivity index is 0.000000250. The lowest BCUT2D eigenvalue weighted by atomic mass is 10.1. The zero-order valence-electron chi connectivity index (χ0n) is 38.9. The molecule has 2 aliphatic rings. The lowest BCUT2D eigenvalue weighted by Gasteiger charge is -2.32. The summed E-state index contributed by atoms with van der Waals surface area (Å²) in [6, 6.07) is 11.4. The van der Waals surface area contributed by atoms with Gasteiger partial charge in [0.05, 0.1) is 34.8 Å². The van der Waals surface area contributed by atoms with Crippen molar-refractivity contribution < 1.29 is 47.1 Å². The molecule has 4 aromatic rings. The molecule has 2 aliphatic heterocycles. The maximum atomic E-state index is 13.7. The number of benzene rings is 2. The van der Waals surface area contributed by atoms with Gasteiger partial charge < -0.3 is 40.0 Å². The van der Waals surface area contributed by atoms with Gasteiger partial charge >= 0.3 is 6.09 Å². The van der Waals surface area contributed by atoms with E-state index in [1.165, 1.54) is 47.4 Å². The topological polar surface area (TPSA) is 190 Å². The molecule has 0 saturated carbocycles. The maximum absolute atomic E-state index is 13.7. The zero-order chi connectivity index (χ0) is 48.3. The molecule has 6 rings (SSSR count). The van der Waals surface area contributed by atoms with Crippen molar-refractivity contribution in [1.29, 1.82) is 0 Å². The lowest BCUT2D eigenvalue weighted by molar-refractivity contribution is -0.119. The van der Waals surface area contributed by atoms with E-state index in [0.717, 1.165) is 18.5 Å². The maximum Gasteiger partial charge on any atom is 0.410 e. The molecule has 0 saturated heterocycles. The Morgan fingerprint density at radius 2 is 1.03 bits per heavy atom. The minimum absolute atomic E-state index is 0.00822. The molecule has 0 spiro atoms. The molecule has 4 heterocycles. The van der Waals surface area contributed by atoms with Crippen molar-refractivity contribution in [2.45, 2.75) is 132 Å². The summed E-state index contributed by atoms with van der Waals surface area (Å²) in [6.07, 6.45) is 1.89. The summed E-state index contributed by atoms with van der Waals surface area (Å²) < 4.78 is 36.0. The first-order valence-electron chi connectivity index (χ1n) is 21.4. The second-order valence-corrected chi connectivity index (χ2v) is 19.3. The van der Waals surface area contributed by atoms with Crippen LogP contribution in [0.25, 0.3) is 0 Å². The van der Waals surface area contributed by atoms with E-state index in [9.17, 15) is 42.3 Å². The zero-order valence-corrected chi connectivity index (χ0v) is 38.9. The average molecular weight is 900 g/mol. The van der Waals surface area contributed by atoms with E-state index in [-0.39, 0.29) is 48.3 Å².